The highest BCUT2D eigenvalue weighted by molar-refractivity contribution is 5.87. The van der Waals surface area contributed by atoms with Gasteiger partial charge in [-0.25, -0.2) is 4.79 Å². The van der Waals surface area contributed by atoms with E-state index in [0.717, 1.165) is 5.56 Å². The molecule has 3 nitrogen and oxygen atoms in total. The topological polar surface area (TPSA) is 46.5 Å². The van der Waals surface area contributed by atoms with Crippen LogP contribution in [0.2, 0.25) is 0 Å². The molecule has 86 valence electrons. The van der Waals surface area contributed by atoms with E-state index in [1.54, 1.807) is 19.9 Å². The number of carbonyl (C=O) groups is 1. The predicted octanol–water partition coefficient (Wildman–Crippen LogP) is 2.23. The van der Waals surface area contributed by atoms with E-state index in [9.17, 15) is 9.90 Å². The molecule has 0 radical (unpaired) electrons. The minimum Gasteiger partial charge on any atom is -0.452 e. The van der Waals surface area contributed by atoms with Gasteiger partial charge in [-0.15, -0.1) is 0 Å². The van der Waals surface area contributed by atoms with Gasteiger partial charge in [-0.3, -0.25) is 0 Å². The first-order valence-corrected chi connectivity index (χ1v) is 5.18. The molecule has 0 spiro atoms. The van der Waals surface area contributed by atoms with Crippen LogP contribution in [-0.4, -0.2) is 17.7 Å². The monoisotopic (exact) mass is 220 g/mol. The normalized spacial score (nSPS) is 13.3. The summed E-state index contributed by atoms with van der Waals surface area (Å²) in [7, 11) is 0. The average molecular weight is 220 g/mol. The number of rotatable bonds is 4. The summed E-state index contributed by atoms with van der Waals surface area (Å²) >= 11 is 0. The van der Waals surface area contributed by atoms with Gasteiger partial charge in [-0.05, 0) is 19.4 Å². The smallest absolute Gasteiger partial charge is 0.334 e. The van der Waals surface area contributed by atoms with Crippen molar-refractivity contribution in [2.75, 3.05) is 6.61 Å². The Morgan fingerprint density at radius 3 is 2.56 bits per heavy atom. The first kappa shape index (κ1) is 12.5. The van der Waals surface area contributed by atoms with Gasteiger partial charge >= 0.3 is 5.97 Å². The van der Waals surface area contributed by atoms with Crippen molar-refractivity contribution in [3.63, 3.8) is 0 Å². The molecule has 0 heterocycles. The third-order valence-corrected chi connectivity index (χ3v) is 2.34. The second-order valence-corrected chi connectivity index (χ2v) is 3.46. The van der Waals surface area contributed by atoms with Crippen LogP contribution in [0.1, 0.15) is 25.5 Å². The van der Waals surface area contributed by atoms with Crippen LogP contribution < -0.4 is 0 Å². The Morgan fingerprint density at radius 2 is 2.06 bits per heavy atom. The molecule has 0 aromatic heterocycles. The molecule has 0 aliphatic heterocycles. The zero-order valence-electron chi connectivity index (χ0n) is 9.51. The molecule has 0 bridgehead atoms. The Balaban J connectivity index is 2.74. The molecule has 0 amide bonds. The van der Waals surface area contributed by atoms with E-state index < -0.39 is 12.1 Å². The minimum absolute atomic E-state index is 0.216. The van der Waals surface area contributed by atoms with Crippen molar-refractivity contribution in [3.8, 4) is 0 Å². The van der Waals surface area contributed by atoms with E-state index >= 15 is 0 Å². The van der Waals surface area contributed by atoms with Gasteiger partial charge in [0.25, 0.3) is 0 Å². The molecule has 0 aliphatic carbocycles. The number of aliphatic hydroxyl groups excluding tert-OH is 1. The molecule has 1 rings (SSSR count). The number of esters is 1. The standard InChI is InChI=1S/C13H16O3/c1-3-10(2)13(15)16-12(9-14)11-7-5-4-6-8-11/h3-8,12,14H,9H2,1-2H3. The van der Waals surface area contributed by atoms with Crippen LogP contribution in [-0.2, 0) is 9.53 Å². The molecule has 0 aliphatic rings. The quantitative estimate of drug-likeness (QED) is 0.625. The first-order chi connectivity index (χ1) is 7.69. The second-order valence-electron chi connectivity index (χ2n) is 3.46. The van der Waals surface area contributed by atoms with Crippen LogP contribution >= 0.6 is 0 Å². The number of allylic oxidation sites excluding steroid dienone is 1. The molecule has 16 heavy (non-hydrogen) atoms. The lowest BCUT2D eigenvalue weighted by Crippen LogP contribution is -2.15. The Kier molecular flexibility index (Phi) is 4.73. The van der Waals surface area contributed by atoms with Crippen LogP contribution in [0, 0.1) is 0 Å². The third kappa shape index (κ3) is 3.21. The first-order valence-electron chi connectivity index (χ1n) is 5.18. The summed E-state index contributed by atoms with van der Waals surface area (Å²) in [5.41, 5.74) is 1.33. The van der Waals surface area contributed by atoms with Gasteiger partial charge in [0.05, 0.1) is 6.61 Å². The number of benzene rings is 1. The number of hydrogen-bond acceptors (Lipinski definition) is 3. The van der Waals surface area contributed by atoms with E-state index in [1.807, 2.05) is 30.3 Å². The van der Waals surface area contributed by atoms with Gasteiger partial charge in [-0.1, -0.05) is 36.4 Å². The van der Waals surface area contributed by atoms with Gasteiger partial charge in [0.2, 0.25) is 0 Å². The van der Waals surface area contributed by atoms with Crippen molar-refractivity contribution in [1.29, 1.82) is 0 Å². The summed E-state index contributed by atoms with van der Waals surface area (Å²) in [6.45, 7) is 3.24. The molecule has 1 atom stereocenters. The fourth-order valence-corrected chi connectivity index (χ4v) is 1.22. The molecular weight excluding hydrogens is 204 g/mol. The summed E-state index contributed by atoms with van der Waals surface area (Å²) in [5.74, 6) is -0.398. The summed E-state index contributed by atoms with van der Waals surface area (Å²) in [6, 6.07) is 9.19. The maximum absolute atomic E-state index is 11.5. The molecule has 1 unspecified atom stereocenters. The number of ether oxygens (including phenoxy) is 1. The Labute approximate surface area is 95.4 Å². The van der Waals surface area contributed by atoms with Crippen LogP contribution in [0.3, 0.4) is 0 Å². The molecule has 1 aromatic rings. The van der Waals surface area contributed by atoms with Gasteiger partial charge in [0.15, 0.2) is 6.10 Å². The maximum atomic E-state index is 11.5. The van der Waals surface area contributed by atoms with E-state index in [0.29, 0.717) is 5.57 Å². The van der Waals surface area contributed by atoms with Crippen molar-refractivity contribution >= 4 is 5.97 Å². The highest BCUT2D eigenvalue weighted by atomic mass is 16.6. The van der Waals surface area contributed by atoms with Crippen molar-refractivity contribution in [1.82, 2.24) is 0 Å². The fourth-order valence-electron chi connectivity index (χ4n) is 1.22. The zero-order chi connectivity index (χ0) is 12.0. The summed E-state index contributed by atoms with van der Waals surface area (Å²) in [4.78, 5) is 11.5. The molecule has 0 saturated heterocycles. The van der Waals surface area contributed by atoms with Crippen molar-refractivity contribution in [2.45, 2.75) is 20.0 Å². The van der Waals surface area contributed by atoms with E-state index in [-0.39, 0.29) is 6.61 Å². The molecule has 0 fully saturated rings. The molecule has 1 N–H and O–H groups in total. The SMILES string of the molecule is CC=C(C)C(=O)OC(CO)c1ccccc1. The highest BCUT2D eigenvalue weighted by Gasteiger charge is 2.15. The highest BCUT2D eigenvalue weighted by Crippen LogP contribution is 2.17. The van der Waals surface area contributed by atoms with E-state index in [4.69, 9.17) is 4.74 Å². The largest absolute Gasteiger partial charge is 0.452 e. The molecule has 3 heteroatoms. The van der Waals surface area contributed by atoms with Crippen molar-refractivity contribution in [2.24, 2.45) is 0 Å². The Hall–Kier alpha value is -1.61. The number of carbonyl (C=O) groups excluding carboxylic acids is 1. The molecular formula is C13H16O3. The second kappa shape index (κ2) is 6.08. The minimum atomic E-state index is -0.594. The third-order valence-electron chi connectivity index (χ3n) is 2.34. The van der Waals surface area contributed by atoms with Crippen LogP contribution in [0.25, 0.3) is 0 Å². The number of hydrogen-bond donors (Lipinski definition) is 1. The molecule has 0 saturated carbocycles. The lowest BCUT2D eigenvalue weighted by molar-refractivity contribution is -0.146. The maximum Gasteiger partial charge on any atom is 0.334 e. The average Bonchev–Trinajstić information content (AvgIpc) is 2.35. The van der Waals surface area contributed by atoms with Gasteiger partial charge in [0, 0.05) is 5.57 Å². The predicted molar refractivity (Wildman–Crippen MR) is 61.8 cm³/mol. The van der Waals surface area contributed by atoms with Crippen LogP contribution in [0.4, 0.5) is 0 Å². The van der Waals surface area contributed by atoms with Gasteiger partial charge < -0.3 is 9.84 Å². The van der Waals surface area contributed by atoms with Gasteiger partial charge in [-0.2, -0.15) is 0 Å². The lowest BCUT2D eigenvalue weighted by Gasteiger charge is -2.15. The summed E-state index contributed by atoms with van der Waals surface area (Å²) in [6.07, 6.45) is 1.09. The van der Waals surface area contributed by atoms with Gasteiger partial charge in [0.1, 0.15) is 0 Å². The van der Waals surface area contributed by atoms with Crippen LogP contribution in [0.15, 0.2) is 42.0 Å². The molecule has 1 aromatic carbocycles. The van der Waals surface area contributed by atoms with Crippen LogP contribution in [0.5, 0.6) is 0 Å². The zero-order valence-corrected chi connectivity index (χ0v) is 9.51. The van der Waals surface area contributed by atoms with Crippen molar-refractivity contribution < 1.29 is 14.6 Å². The summed E-state index contributed by atoms with van der Waals surface area (Å²) in [5, 5.41) is 9.19. The number of aliphatic hydroxyl groups is 1. The Bertz CT molecular complexity index is 368. The Morgan fingerprint density at radius 1 is 1.44 bits per heavy atom. The van der Waals surface area contributed by atoms with E-state index in [1.165, 1.54) is 0 Å². The lowest BCUT2D eigenvalue weighted by atomic mass is 10.1. The van der Waals surface area contributed by atoms with Crippen molar-refractivity contribution in [3.05, 3.63) is 47.5 Å². The fraction of sp³-hybridized carbons (Fsp3) is 0.308. The summed E-state index contributed by atoms with van der Waals surface area (Å²) < 4.78 is 5.18. The van der Waals surface area contributed by atoms with E-state index in [2.05, 4.69) is 0 Å².